The van der Waals surface area contributed by atoms with Crippen LogP contribution in [0.2, 0.25) is 0 Å². The third kappa shape index (κ3) is 2.84. The fourth-order valence-corrected chi connectivity index (χ4v) is 2.37. The molecular formula is C15H14BrClN2. The number of hydrogen-bond donors (Lipinski definition) is 0. The van der Waals surface area contributed by atoms with E-state index >= 15 is 0 Å². The molecule has 1 heterocycles. The summed E-state index contributed by atoms with van der Waals surface area (Å²) in [5.74, 6) is 0. The van der Waals surface area contributed by atoms with Crippen LogP contribution in [0.1, 0.15) is 5.56 Å². The summed E-state index contributed by atoms with van der Waals surface area (Å²) in [4.78, 5) is 0. The van der Waals surface area contributed by atoms with E-state index in [0.717, 1.165) is 11.4 Å². The Morgan fingerprint density at radius 1 is 0.895 bits per heavy atom. The van der Waals surface area contributed by atoms with E-state index in [9.17, 15) is 0 Å². The normalized spacial score (nSPS) is 14.5. The maximum Gasteiger partial charge on any atom is 0.0665 e. The van der Waals surface area contributed by atoms with Crippen molar-refractivity contribution < 1.29 is 0 Å². The van der Waals surface area contributed by atoms with Crippen LogP contribution in [0, 0.1) is 0 Å². The SMILES string of the molecule is Br.ClN1CC=Cc2ccccc2N1c1ccccc1. The van der Waals surface area contributed by atoms with Crippen molar-refractivity contribution in [1.82, 2.24) is 4.53 Å². The van der Waals surface area contributed by atoms with Gasteiger partial charge in [-0.1, -0.05) is 48.6 Å². The van der Waals surface area contributed by atoms with Gasteiger partial charge >= 0.3 is 0 Å². The molecule has 19 heavy (non-hydrogen) atoms. The summed E-state index contributed by atoms with van der Waals surface area (Å²) in [6.07, 6.45) is 4.17. The molecule has 0 fully saturated rings. The van der Waals surface area contributed by atoms with E-state index in [1.54, 1.807) is 4.53 Å². The van der Waals surface area contributed by atoms with Gasteiger partial charge in [-0.15, -0.1) is 21.5 Å². The Morgan fingerprint density at radius 2 is 1.58 bits per heavy atom. The third-order valence-electron chi connectivity index (χ3n) is 2.94. The highest BCUT2D eigenvalue weighted by molar-refractivity contribution is 8.93. The Kier molecular flexibility index (Phi) is 4.64. The zero-order valence-corrected chi connectivity index (χ0v) is 12.7. The highest BCUT2D eigenvalue weighted by Crippen LogP contribution is 2.33. The second-order valence-corrected chi connectivity index (χ2v) is 4.52. The summed E-state index contributed by atoms with van der Waals surface area (Å²) >= 11 is 6.36. The van der Waals surface area contributed by atoms with Gasteiger partial charge in [0.2, 0.25) is 0 Å². The second-order valence-electron chi connectivity index (χ2n) is 4.13. The number of para-hydroxylation sites is 2. The van der Waals surface area contributed by atoms with E-state index in [2.05, 4.69) is 36.4 Å². The van der Waals surface area contributed by atoms with E-state index < -0.39 is 0 Å². The van der Waals surface area contributed by atoms with Crippen LogP contribution in [0.4, 0.5) is 11.4 Å². The molecule has 0 spiro atoms. The number of hydrazine groups is 1. The number of anilines is 2. The van der Waals surface area contributed by atoms with E-state index in [0.29, 0.717) is 6.54 Å². The molecule has 0 saturated heterocycles. The van der Waals surface area contributed by atoms with Crippen molar-refractivity contribution in [3.8, 4) is 0 Å². The lowest BCUT2D eigenvalue weighted by atomic mass is 10.1. The standard InChI is InChI=1S/C15H13ClN2.BrH/c16-17-12-6-8-13-7-4-5-11-15(13)18(17)14-9-2-1-3-10-14;/h1-11H,12H2;1H. The van der Waals surface area contributed by atoms with Crippen LogP contribution in [0.25, 0.3) is 6.08 Å². The molecule has 0 unspecified atom stereocenters. The van der Waals surface area contributed by atoms with Gasteiger partial charge < -0.3 is 0 Å². The lowest BCUT2D eigenvalue weighted by Gasteiger charge is -2.30. The zero-order valence-electron chi connectivity index (χ0n) is 10.2. The molecule has 0 N–H and O–H groups in total. The molecule has 0 aliphatic carbocycles. The van der Waals surface area contributed by atoms with E-state index in [1.807, 2.05) is 35.3 Å². The quantitative estimate of drug-likeness (QED) is 0.690. The summed E-state index contributed by atoms with van der Waals surface area (Å²) in [6, 6.07) is 18.4. The zero-order chi connectivity index (χ0) is 12.4. The lowest BCUT2D eigenvalue weighted by molar-refractivity contribution is 0.517. The van der Waals surface area contributed by atoms with Gasteiger partial charge in [0.05, 0.1) is 17.9 Å². The molecule has 3 rings (SSSR count). The first-order valence-electron chi connectivity index (χ1n) is 5.90. The van der Waals surface area contributed by atoms with Crippen LogP contribution in [0.3, 0.4) is 0 Å². The van der Waals surface area contributed by atoms with Crippen molar-refractivity contribution >= 4 is 46.2 Å². The summed E-state index contributed by atoms with van der Waals surface area (Å²) < 4.78 is 1.69. The van der Waals surface area contributed by atoms with Gasteiger partial charge in [-0.3, -0.25) is 5.01 Å². The highest BCUT2D eigenvalue weighted by atomic mass is 79.9. The van der Waals surface area contributed by atoms with E-state index in [1.165, 1.54) is 5.56 Å². The number of hydrogen-bond acceptors (Lipinski definition) is 2. The van der Waals surface area contributed by atoms with Gasteiger partial charge in [0, 0.05) is 11.8 Å². The number of benzene rings is 2. The first kappa shape index (κ1) is 14.1. The maximum atomic E-state index is 6.36. The molecular weight excluding hydrogens is 324 g/mol. The Hall–Kier alpha value is -1.29. The number of fused-ring (bicyclic) bond motifs is 1. The Morgan fingerprint density at radius 3 is 2.37 bits per heavy atom. The van der Waals surface area contributed by atoms with Crippen LogP contribution in [-0.4, -0.2) is 11.1 Å². The van der Waals surface area contributed by atoms with E-state index in [-0.39, 0.29) is 17.0 Å². The maximum absolute atomic E-state index is 6.36. The van der Waals surface area contributed by atoms with Crippen LogP contribution in [-0.2, 0) is 0 Å². The van der Waals surface area contributed by atoms with Gasteiger partial charge in [0.15, 0.2) is 0 Å². The van der Waals surface area contributed by atoms with Gasteiger partial charge in [0.1, 0.15) is 0 Å². The largest absolute Gasteiger partial charge is 0.259 e. The Bertz CT molecular complexity index is 571. The Balaban J connectivity index is 0.00000133. The van der Waals surface area contributed by atoms with Crippen molar-refractivity contribution in [3.63, 3.8) is 0 Å². The molecule has 0 radical (unpaired) electrons. The predicted octanol–water partition coefficient (Wildman–Crippen LogP) is 4.80. The highest BCUT2D eigenvalue weighted by Gasteiger charge is 2.19. The Labute approximate surface area is 128 Å². The number of halogens is 2. The average Bonchev–Trinajstić information content (AvgIpc) is 2.58. The predicted molar refractivity (Wildman–Crippen MR) is 86.9 cm³/mol. The topological polar surface area (TPSA) is 6.48 Å². The summed E-state index contributed by atoms with van der Waals surface area (Å²) in [5, 5.41) is 2.02. The van der Waals surface area contributed by atoms with Crippen molar-refractivity contribution in [2.45, 2.75) is 0 Å². The van der Waals surface area contributed by atoms with Crippen LogP contribution < -0.4 is 5.01 Å². The molecule has 2 aromatic rings. The van der Waals surface area contributed by atoms with Crippen LogP contribution in [0.5, 0.6) is 0 Å². The van der Waals surface area contributed by atoms with Gasteiger partial charge in [-0.2, -0.15) is 0 Å². The van der Waals surface area contributed by atoms with Crippen molar-refractivity contribution in [3.05, 3.63) is 66.2 Å². The molecule has 0 aromatic heterocycles. The van der Waals surface area contributed by atoms with Crippen molar-refractivity contribution in [2.75, 3.05) is 11.6 Å². The molecule has 1 aliphatic rings. The fourth-order valence-electron chi connectivity index (χ4n) is 2.12. The molecule has 0 bridgehead atoms. The van der Waals surface area contributed by atoms with Crippen LogP contribution >= 0.6 is 28.8 Å². The number of nitrogens with zero attached hydrogens (tertiary/aromatic N) is 2. The first-order chi connectivity index (χ1) is 8.86. The lowest BCUT2D eigenvalue weighted by Crippen LogP contribution is -2.31. The summed E-state index contributed by atoms with van der Waals surface area (Å²) in [5.41, 5.74) is 3.32. The van der Waals surface area contributed by atoms with Gasteiger partial charge in [0.25, 0.3) is 0 Å². The average molecular weight is 338 g/mol. The smallest absolute Gasteiger partial charge is 0.0665 e. The summed E-state index contributed by atoms with van der Waals surface area (Å²) in [7, 11) is 0. The molecule has 2 nitrogen and oxygen atoms in total. The molecule has 4 heteroatoms. The minimum atomic E-state index is 0. The molecule has 1 aliphatic heterocycles. The van der Waals surface area contributed by atoms with Crippen molar-refractivity contribution in [2.24, 2.45) is 0 Å². The minimum Gasteiger partial charge on any atom is -0.259 e. The monoisotopic (exact) mass is 336 g/mol. The molecule has 0 amide bonds. The van der Waals surface area contributed by atoms with Crippen molar-refractivity contribution in [1.29, 1.82) is 0 Å². The van der Waals surface area contributed by atoms with Crippen LogP contribution in [0.15, 0.2) is 60.7 Å². The first-order valence-corrected chi connectivity index (χ1v) is 6.24. The fraction of sp³-hybridized carbons (Fsp3) is 0.0667. The molecule has 2 aromatic carbocycles. The molecule has 0 saturated carbocycles. The molecule has 0 atom stereocenters. The second kappa shape index (κ2) is 6.24. The summed E-state index contributed by atoms with van der Waals surface area (Å²) in [6.45, 7) is 0.672. The van der Waals surface area contributed by atoms with Gasteiger partial charge in [-0.25, -0.2) is 0 Å². The van der Waals surface area contributed by atoms with Gasteiger partial charge in [-0.05, 0) is 23.8 Å². The van der Waals surface area contributed by atoms with E-state index in [4.69, 9.17) is 11.8 Å². The number of rotatable bonds is 1. The molecule has 98 valence electrons. The minimum absolute atomic E-state index is 0. The third-order valence-corrected chi connectivity index (χ3v) is 3.23.